The number of nitrogens with zero attached hydrogens (tertiary/aromatic N) is 2. The first-order chi connectivity index (χ1) is 13.6. The number of hydrogen-bond acceptors (Lipinski definition) is 4. The summed E-state index contributed by atoms with van der Waals surface area (Å²) in [5, 5.41) is 14.7. The molecule has 0 spiro atoms. The van der Waals surface area contributed by atoms with Crippen molar-refractivity contribution in [3.63, 3.8) is 0 Å². The molecule has 1 fully saturated rings. The summed E-state index contributed by atoms with van der Waals surface area (Å²) in [5.74, 6) is 1.07. The van der Waals surface area contributed by atoms with Crippen LogP contribution in [0.2, 0.25) is 0 Å². The van der Waals surface area contributed by atoms with E-state index < -0.39 is 0 Å². The van der Waals surface area contributed by atoms with Crippen molar-refractivity contribution in [3.8, 4) is 6.07 Å². The molecule has 6 nitrogen and oxygen atoms in total. The molecule has 2 aromatic rings. The van der Waals surface area contributed by atoms with Crippen LogP contribution in [0.25, 0.3) is 0 Å². The molecule has 0 bridgehead atoms. The van der Waals surface area contributed by atoms with Gasteiger partial charge in [0.15, 0.2) is 0 Å². The minimum absolute atomic E-state index is 0.00969. The van der Waals surface area contributed by atoms with Gasteiger partial charge in [0.25, 0.3) is 0 Å². The van der Waals surface area contributed by atoms with Crippen LogP contribution >= 0.6 is 11.8 Å². The fourth-order valence-electron chi connectivity index (χ4n) is 2.99. The molecule has 0 radical (unpaired) electrons. The molecule has 1 atom stereocenters. The van der Waals surface area contributed by atoms with E-state index in [2.05, 4.69) is 16.7 Å². The molecule has 1 aliphatic rings. The average Bonchev–Trinajstić information content (AvgIpc) is 3.18. The number of nitriles is 1. The van der Waals surface area contributed by atoms with Crippen LogP contribution in [0.1, 0.15) is 17.5 Å². The molecule has 28 heavy (non-hydrogen) atoms. The number of likely N-dealkylation sites (tertiary alicyclic amines) is 1. The van der Waals surface area contributed by atoms with Gasteiger partial charge in [-0.2, -0.15) is 5.26 Å². The van der Waals surface area contributed by atoms with Crippen LogP contribution in [0, 0.1) is 11.3 Å². The summed E-state index contributed by atoms with van der Waals surface area (Å²) in [4.78, 5) is 26.2. The standard InChI is InChI=1S/C21H22N4O2S/c22-12-16-6-8-17(9-7-16)14-28-15-20(26)23-19-10-11-25(13-19)21(27)24-18-4-2-1-3-5-18/h1-9,19H,10-11,13-15H2,(H,23,26)(H,24,27). The Kier molecular flexibility index (Phi) is 6.93. The fraction of sp³-hybridized carbons (Fsp3) is 0.286. The van der Waals surface area contributed by atoms with Gasteiger partial charge in [0, 0.05) is 30.6 Å². The highest BCUT2D eigenvalue weighted by atomic mass is 32.2. The van der Waals surface area contributed by atoms with Gasteiger partial charge in [0.05, 0.1) is 17.4 Å². The number of benzene rings is 2. The van der Waals surface area contributed by atoms with Crippen molar-refractivity contribution in [1.82, 2.24) is 10.2 Å². The van der Waals surface area contributed by atoms with Crippen molar-refractivity contribution in [1.29, 1.82) is 5.26 Å². The lowest BCUT2D eigenvalue weighted by molar-refractivity contribution is -0.119. The summed E-state index contributed by atoms with van der Waals surface area (Å²) in [6, 6.07) is 18.7. The lowest BCUT2D eigenvalue weighted by Gasteiger charge is -2.18. The lowest BCUT2D eigenvalue weighted by atomic mass is 10.2. The lowest BCUT2D eigenvalue weighted by Crippen LogP contribution is -2.40. The van der Waals surface area contributed by atoms with Gasteiger partial charge in [-0.3, -0.25) is 4.79 Å². The van der Waals surface area contributed by atoms with Crippen molar-refractivity contribution in [2.24, 2.45) is 0 Å². The highest BCUT2D eigenvalue weighted by Crippen LogP contribution is 2.15. The second-order valence-electron chi connectivity index (χ2n) is 6.60. The minimum atomic E-state index is -0.141. The Labute approximate surface area is 168 Å². The summed E-state index contributed by atoms with van der Waals surface area (Å²) in [6.07, 6.45) is 0.758. The monoisotopic (exact) mass is 394 g/mol. The van der Waals surface area contributed by atoms with Crippen molar-refractivity contribution >= 4 is 29.4 Å². The van der Waals surface area contributed by atoms with Crippen LogP contribution in [0.3, 0.4) is 0 Å². The number of urea groups is 1. The Morgan fingerprint density at radius 1 is 1.14 bits per heavy atom. The Morgan fingerprint density at radius 3 is 2.61 bits per heavy atom. The first kappa shape index (κ1) is 19.8. The van der Waals surface area contributed by atoms with Crippen molar-refractivity contribution in [2.45, 2.75) is 18.2 Å². The zero-order valence-electron chi connectivity index (χ0n) is 15.4. The van der Waals surface area contributed by atoms with Crippen LogP contribution in [0.5, 0.6) is 0 Å². The molecule has 1 saturated heterocycles. The van der Waals surface area contributed by atoms with Crippen LogP contribution in [-0.4, -0.2) is 41.7 Å². The third kappa shape index (κ3) is 5.76. The highest BCUT2D eigenvalue weighted by molar-refractivity contribution is 7.99. The molecule has 0 aliphatic carbocycles. The Balaban J connectivity index is 1.36. The van der Waals surface area contributed by atoms with E-state index in [-0.39, 0.29) is 18.0 Å². The molecule has 2 N–H and O–H groups in total. The first-order valence-corrected chi connectivity index (χ1v) is 10.3. The second kappa shape index (κ2) is 9.81. The maximum atomic E-state index is 12.3. The molecule has 0 aromatic heterocycles. The topological polar surface area (TPSA) is 85.2 Å². The van der Waals surface area contributed by atoms with Gasteiger partial charge in [-0.1, -0.05) is 30.3 Å². The Hall–Kier alpha value is -2.98. The number of para-hydroxylation sites is 1. The molecule has 2 aromatic carbocycles. The molecule has 144 valence electrons. The molecule has 0 saturated carbocycles. The van der Waals surface area contributed by atoms with E-state index in [1.54, 1.807) is 17.0 Å². The predicted octanol–water partition coefficient (Wildman–Crippen LogP) is 3.21. The smallest absolute Gasteiger partial charge is 0.321 e. The van der Waals surface area contributed by atoms with Crippen LogP contribution in [0.15, 0.2) is 54.6 Å². The van der Waals surface area contributed by atoms with E-state index in [0.29, 0.717) is 24.4 Å². The summed E-state index contributed by atoms with van der Waals surface area (Å²) in [5.41, 5.74) is 2.48. The van der Waals surface area contributed by atoms with Crippen LogP contribution in [0.4, 0.5) is 10.5 Å². The van der Waals surface area contributed by atoms with Crippen molar-refractivity contribution in [3.05, 3.63) is 65.7 Å². The molecule has 3 amide bonds. The Bertz CT molecular complexity index is 849. The zero-order chi connectivity index (χ0) is 19.8. The third-order valence-electron chi connectivity index (χ3n) is 4.45. The molecule has 3 rings (SSSR count). The van der Waals surface area contributed by atoms with E-state index in [9.17, 15) is 9.59 Å². The summed E-state index contributed by atoms with van der Waals surface area (Å²) in [6.45, 7) is 1.15. The number of anilines is 1. The molecular weight excluding hydrogens is 372 g/mol. The van der Waals surface area contributed by atoms with E-state index in [1.807, 2.05) is 42.5 Å². The average molecular weight is 395 g/mol. The van der Waals surface area contributed by atoms with Gasteiger partial charge in [0.1, 0.15) is 0 Å². The number of carbonyl (C=O) groups is 2. The van der Waals surface area contributed by atoms with Gasteiger partial charge < -0.3 is 15.5 Å². The normalized spacial score (nSPS) is 15.7. The van der Waals surface area contributed by atoms with Gasteiger partial charge in [-0.05, 0) is 36.2 Å². The third-order valence-corrected chi connectivity index (χ3v) is 5.45. The number of rotatable bonds is 6. The van der Waals surface area contributed by atoms with E-state index in [0.717, 1.165) is 23.4 Å². The SMILES string of the molecule is N#Cc1ccc(CSCC(=O)NC2CCN(C(=O)Nc3ccccc3)C2)cc1. The van der Waals surface area contributed by atoms with Crippen molar-refractivity contribution < 1.29 is 9.59 Å². The van der Waals surface area contributed by atoms with E-state index in [1.165, 1.54) is 11.8 Å². The van der Waals surface area contributed by atoms with Crippen molar-refractivity contribution in [2.75, 3.05) is 24.2 Å². The summed E-state index contributed by atoms with van der Waals surface area (Å²) in [7, 11) is 0. The molecule has 7 heteroatoms. The minimum Gasteiger partial charge on any atom is -0.351 e. The van der Waals surface area contributed by atoms with Crippen LogP contribution in [-0.2, 0) is 10.5 Å². The van der Waals surface area contributed by atoms with Gasteiger partial charge in [-0.25, -0.2) is 4.79 Å². The predicted molar refractivity (Wildman–Crippen MR) is 111 cm³/mol. The van der Waals surface area contributed by atoms with Crippen LogP contribution < -0.4 is 10.6 Å². The number of carbonyl (C=O) groups excluding carboxylic acids is 2. The molecule has 1 unspecified atom stereocenters. The highest BCUT2D eigenvalue weighted by Gasteiger charge is 2.27. The number of amides is 3. The first-order valence-electron chi connectivity index (χ1n) is 9.11. The molecular formula is C21H22N4O2S. The molecule has 1 heterocycles. The largest absolute Gasteiger partial charge is 0.351 e. The maximum Gasteiger partial charge on any atom is 0.321 e. The second-order valence-corrected chi connectivity index (χ2v) is 7.58. The van der Waals surface area contributed by atoms with Gasteiger partial charge in [-0.15, -0.1) is 11.8 Å². The fourth-order valence-corrected chi connectivity index (χ4v) is 3.79. The summed E-state index contributed by atoms with van der Waals surface area (Å²) < 4.78 is 0. The number of nitrogens with one attached hydrogen (secondary N) is 2. The summed E-state index contributed by atoms with van der Waals surface area (Å²) >= 11 is 1.53. The maximum absolute atomic E-state index is 12.3. The number of hydrogen-bond donors (Lipinski definition) is 2. The zero-order valence-corrected chi connectivity index (χ0v) is 16.2. The van der Waals surface area contributed by atoms with E-state index >= 15 is 0 Å². The number of thioether (sulfide) groups is 1. The van der Waals surface area contributed by atoms with E-state index in [4.69, 9.17) is 5.26 Å². The van der Waals surface area contributed by atoms with Gasteiger partial charge in [0.2, 0.25) is 5.91 Å². The Morgan fingerprint density at radius 2 is 1.89 bits per heavy atom. The van der Waals surface area contributed by atoms with Gasteiger partial charge >= 0.3 is 6.03 Å². The molecule has 1 aliphatic heterocycles. The quantitative estimate of drug-likeness (QED) is 0.788.